The minimum absolute atomic E-state index is 0.0428. The molecule has 2 aromatic carbocycles. The van der Waals surface area contributed by atoms with Crippen molar-refractivity contribution in [3.63, 3.8) is 0 Å². The third-order valence-corrected chi connectivity index (χ3v) is 4.23. The maximum absolute atomic E-state index is 12.4. The SMILES string of the molecule is O=C(NCc1cc(Br)ccc1OC(F)F)c1ccccc1I. The van der Waals surface area contributed by atoms with Gasteiger partial charge < -0.3 is 10.1 Å². The van der Waals surface area contributed by atoms with Crippen LogP contribution in [0.5, 0.6) is 5.75 Å². The van der Waals surface area contributed by atoms with E-state index in [1.807, 2.05) is 12.1 Å². The molecule has 0 bridgehead atoms. The number of rotatable bonds is 5. The number of carbonyl (C=O) groups is 1. The molecule has 0 spiro atoms. The van der Waals surface area contributed by atoms with Crippen molar-refractivity contribution >= 4 is 44.4 Å². The van der Waals surface area contributed by atoms with Gasteiger partial charge in [-0.05, 0) is 52.9 Å². The zero-order chi connectivity index (χ0) is 16.1. The monoisotopic (exact) mass is 481 g/mol. The van der Waals surface area contributed by atoms with Crippen LogP contribution in [0.2, 0.25) is 0 Å². The van der Waals surface area contributed by atoms with Crippen LogP contribution in [0.1, 0.15) is 15.9 Å². The van der Waals surface area contributed by atoms with Crippen molar-refractivity contribution < 1.29 is 18.3 Å². The number of carbonyl (C=O) groups excluding carboxylic acids is 1. The van der Waals surface area contributed by atoms with Gasteiger partial charge in [-0.15, -0.1) is 0 Å². The molecule has 0 aliphatic heterocycles. The molecule has 7 heteroatoms. The van der Waals surface area contributed by atoms with Crippen LogP contribution < -0.4 is 10.1 Å². The van der Waals surface area contributed by atoms with Gasteiger partial charge in [0.25, 0.3) is 5.91 Å². The minimum atomic E-state index is -2.91. The first-order valence-electron chi connectivity index (χ1n) is 6.23. The first-order chi connectivity index (χ1) is 10.5. The fourth-order valence-corrected chi connectivity index (χ4v) is 2.85. The van der Waals surface area contributed by atoms with Gasteiger partial charge in [0.05, 0.1) is 5.56 Å². The molecule has 1 amide bonds. The van der Waals surface area contributed by atoms with E-state index < -0.39 is 6.61 Å². The van der Waals surface area contributed by atoms with Crippen molar-refractivity contribution in [2.45, 2.75) is 13.2 Å². The molecule has 1 N–H and O–H groups in total. The summed E-state index contributed by atoms with van der Waals surface area (Å²) in [4.78, 5) is 12.1. The molecule has 116 valence electrons. The number of halogens is 4. The molecule has 0 aromatic heterocycles. The highest BCUT2D eigenvalue weighted by atomic mass is 127. The molecule has 0 aliphatic carbocycles. The van der Waals surface area contributed by atoms with E-state index in [9.17, 15) is 13.6 Å². The number of alkyl halides is 2. The Kier molecular flexibility index (Phi) is 6.13. The molecule has 0 fully saturated rings. The predicted molar refractivity (Wildman–Crippen MR) is 91.1 cm³/mol. The van der Waals surface area contributed by atoms with Crippen molar-refractivity contribution in [2.75, 3.05) is 0 Å². The largest absolute Gasteiger partial charge is 0.434 e. The van der Waals surface area contributed by atoms with E-state index in [-0.39, 0.29) is 18.2 Å². The zero-order valence-corrected chi connectivity index (χ0v) is 14.9. The maximum atomic E-state index is 12.4. The van der Waals surface area contributed by atoms with Crippen LogP contribution in [0.15, 0.2) is 46.9 Å². The first-order valence-corrected chi connectivity index (χ1v) is 8.10. The molecule has 0 heterocycles. The molecule has 0 saturated carbocycles. The van der Waals surface area contributed by atoms with Gasteiger partial charge in [-0.1, -0.05) is 28.1 Å². The van der Waals surface area contributed by atoms with E-state index in [1.54, 1.807) is 24.3 Å². The van der Waals surface area contributed by atoms with Gasteiger partial charge in [-0.3, -0.25) is 4.79 Å². The van der Waals surface area contributed by atoms with E-state index >= 15 is 0 Å². The average molecular weight is 482 g/mol. The fourth-order valence-electron chi connectivity index (χ4n) is 1.81. The Morgan fingerprint density at radius 2 is 2.00 bits per heavy atom. The molecule has 2 aromatic rings. The van der Waals surface area contributed by atoms with E-state index in [1.165, 1.54) is 6.07 Å². The molecule has 0 saturated heterocycles. The standard InChI is InChI=1S/C15H11BrF2INO2/c16-10-5-6-13(22-15(17)18)9(7-10)8-20-14(21)11-3-1-2-4-12(11)19/h1-7,15H,8H2,(H,20,21). The Balaban J connectivity index is 2.12. The van der Waals surface area contributed by atoms with Crippen molar-refractivity contribution in [3.05, 3.63) is 61.6 Å². The Hall–Kier alpha value is -1.22. The van der Waals surface area contributed by atoms with Gasteiger partial charge in [-0.2, -0.15) is 8.78 Å². The first kappa shape index (κ1) is 17.1. The van der Waals surface area contributed by atoms with Gasteiger partial charge in [0.1, 0.15) is 5.75 Å². The fraction of sp³-hybridized carbons (Fsp3) is 0.133. The van der Waals surface area contributed by atoms with Crippen LogP contribution >= 0.6 is 38.5 Å². The molecule has 22 heavy (non-hydrogen) atoms. The Morgan fingerprint density at radius 1 is 1.27 bits per heavy atom. The lowest BCUT2D eigenvalue weighted by Crippen LogP contribution is -2.24. The Bertz CT molecular complexity index is 682. The smallest absolute Gasteiger partial charge is 0.387 e. The van der Waals surface area contributed by atoms with Crippen molar-refractivity contribution in [1.82, 2.24) is 5.32 Å². The number of hydrogen-bond donors (Lipinski definition) is 1. The minimum Gasteiger partial charge on any atom is -0.434 e. The van der Waals surface area contributed by atoms with Gasteiger partial charge in [0.2, 0.25) is 0 Å². The summed E-state index contributed by atoms with van der Waals surface area (Å²) in [6.07, 6.45) is 0. The molecular formula is C15H11BrF2INO2. The summed E-state index contributed by atoms with van der Waals surface area (Å²) >= 11 is 5.33. The highest BCUT2D eigenvalue weighted by molar-refractivity contribution is 14.1. The second kappa shape index (κ2) is 7.87. The van der Waals surface area contributed by atoms with E-state index in [4.69, 9.17) is 0 Å². The third-order valence-electron chi connectivity index (χ3n) is 2.80. The number of ether oxygens (including phenoxy) is 1. The molecule has 0 aliphatic rings. The average Bonchev–Trinajstić information content (AvgIpc) is 2.47. The number of hydrogen-bond acceptors (Lipinski definition) is 2. The highest BCUT2D eigenvalue weighted by Crippen LogP contribution is 2.25. The summed E-state index contributed by atoms with van der Waals surface area (Å²) in [5.41, 5.74) is 1.00. The summed E-state index contributed by atoms with van der Waals surface area (Å²) < 4.78 is 30.8. The van der Waals surface area contributed by atoms with Crippen molar-refractivity contribution in [2.24, 2.45) is 0 Å². The number of amides is 1. The van der Waals surface area contributed by atoms with Crippen molar-refractivity contribution in [1.29, 1.82) is 0 Å². The van der Waals surface area contributed by atoms with Gasteiger partial charge in [0, 0.05) is 20.2 Å². The second-order valence-electron chi connectivity index (χ2n) is 4.29. The summed E-state index contributed by atoms with van der Waals surface area (Å²) in [5, 5.41) is 2.71. The predicted octanol–water partition coefficient (Wildman–Crippen LogP) is 4.59. The zero-order valence-electron chi connectivity index (χ0n) is 11.2. The van der Waals surface area contributed by atoms with Crippen LogP contribution in [0, 0.1) is 3.57 Å². The topological polar surface area (TPSA) is 38.3 Å². The van der Waals surface area contributed by atoms with Gasteiger partial charge in [0.15, 0.2) is 0 Å². The lowest BCUT2D eigenvalue weighted by Gasteiger charge is -2.12. The summed E-state index contributed by atoms with van der Waals surface area (Å²) in [5.74, 6) is -0.228. The number of benzene rings is 2. The van der Waals surface area contributed by atoms with Crippen molar-refractivity contribution in [3.8, 4) is 5.75 Å². The summed E-state index contributed by atoms with van der Waals surface area (Å²) in [7, 11) is 0. The van der Waals surface area contributed by atoms with Crippen LogP contribution in [-0.2, 0) is 6.54 Å². The normalized spacial score (nSPS) is 10.6. The lowest BCUT2D eigenvalue weighted by atomic mass is 10.2. The maximum Gasteiger partial charge on any atom is 0.387 e. The molecule has 2 rings (SSSR count). The third kappa shape index (κ3) is 4.64. The molecule has 0 atom stereocenters. The number of nitrogens with one attached hydrogen (secondary N) is 1. The Morgan fingerprint density at radius 3 is 2.68 bits per heavy atom. The molecular weight excluding hydrogens is 471 g/mol. The van der Waals surface area contributed by atoms with Crippen LogP contribution in [0.25, 0.3) is 0 Å². The molecule has 3 nitrogen and oxygen atoms in total. The molecule has 0 unspecified atom stereocenters. The van der Waals surface area contributed by atoms with Gasteiger partial charge >= 0.3 is 6.61 Å². The van der Waals surface area contributed by atoms with Crippen LogP contribution in [0.4, 0.5) is 8.78 Å². The Labute approximate surface area is 148 Å². The summed E-state index contributed by atoms with van der Waals surface area (Å²) in [6.45, 7) is -2.82. The van der Waals surface area contributed by atoms with Crippen LogP contribution in [0.3, 0.4) is 0 Å². The van der Waals surface area contributed by atoms with E-state index in [0.717, 1.165) is 3.57 Å². The van der Waals surface area contributed by atoms with Gasteiger partial charge in [-0.25, -0.2) is 0 Å². The quantitative estimate of drug-likeness (QED) is 0.634. The van der Waals surface area contributed by atoms with Crippen LogP contribution in [-0.4, -0.2) is 12.5 Å². The summed E-state index contributed by atoms with van der Waals surface area (Å²) in [6, 6.07) is 11.8. The lowest BCUT2D eigenvalue weighted by molar-refractivity contribution is -0.0504. The van der Waals surface area contributed by atoms with E-state index in [0.29, 0.717) is 15.6 Å². The highest BCUT2D eigenvalue weighted by Gasteiger charge is 2.13. The molecule has 0 radical (unpaired) electrons. The second-order valence-corrected chi connectivity index (χ2v) is 6.37. The van der Waals surface area contributed by atoms with E-state index in [2.05, 4.69) is 48.6 Å².